The number of nitrogens with two attached hydrogens (primary N) is 1. The van der Waals surface area contributed by atoms with Gasteiger partial charge in [-0.3, -0.25) is 4.79 Å². The molecule has 2 heterocycles. The van der Waals surface area contributed by atoms with E-state index in [0.29, 0.717) is 0 Å². The van der Waals surface area contributed by atoms with Gasteiger partial charge in [-0.1, -0.05) is 6.07 Å². The number of aryl methyl sites for hydroxylation is 1. The molecule has 0 radical (unpaired) electrons. The van der Waals surface area contributed by atoms with Crippen molar-refractivity contribution in [1.29, 1.82) is 0 Å². The molecule has 0 saturated heterocycles. The summed E-state index contributed by atoms with van der Waals surface area (Å²) in [7, 11) is 0. The minimum Gasteiger partial charge on any atom is -0.398 e. The highest BCUT2D eigenvalue weighted by molar-refractivity contribution is 9.11. The monoisotopic (exact) mass is 350 g/mol. The van der Waals surface area contributed by atoms with Gasteiger partial charge >= 0.3 is 0 Å². The number of nitrogens with zero attached hydrogens (tertiary/aromatic N) is 1. The Hall–Kier alpha value is -1.33. The number of nitrogen functional groups attached to an aromatic ring is 1. The molecule has 3 nitrogen and oxygen atoms in total. The smallest absolute Gasteiger partial charge is 0.260 e. The van der Waals surface area contributed by atoms with Crippen LogP contribution in [0.3, 0.4) is 0 Å². The van der Waals surface area contributed by atoms with Gasteiger partial charge in [0, 0.05) is 22.8 Å². The van der Waals surface area contributed by atoms with Gasteiger partial charge in [0.1, 0.15) is 0 Å². The molecule has 0 unspecified atom stereocenters. The van der Waals surface area contributed by atoms with Crippen LogP contribution in [0.15, 0.2) is 28.1 Å². The third kappa shape index (κ3) is 2.25. The average Bonchev–Trinajstić information content (AvgIpc) is 2.77. The Balaban J connectivity index is 2.03. The van der Waals surface area contributed by atoms with Gasteiger partial charge in [0.2, 0.25) is 0 Å². The second-order valence-electron chi connectivity index (χ2n) is 4.95. The quantitative estimate of drug-likeness (QED) is 0.790. The largest absolute Gasteiger partial charge is 0.398 e. The highest BCUT2D eigenvalue weighted by atomic mass is 79.9. The van der Waals surface area contributed by atoms with Crippen LogP contribution in [-0.4, -0.2) is 12.5 Å². The number of rotatable bonds is 1. The lowest BCUT2D eigenvalue weighted by Crippen LogP contribution is -2.35. The highest BCUT2D eigenvalue weighted by Crippen LogP contribution is 2.35. The van der Waals surface area contributed by atoms with E-state index in [1.54, 1.807) is 11.3 Å². The Kier molecular flexibility index (Phi) is 3.56. The van der Waals surface area contributed by atoms with Gasteiger partial charge in [-0.15, -0.1) is 11.3 Å². The first kappa shape index (κ1) is 13.6. The molecular formula is C15H15BrN2OS. The number of fused-ring (bicyclic) bond motifs is 1. The SMILES string of the molecule is Cc1cc(C(=O)N2CCCc3c(N)cccc32)c(Br)s1. The minimum atomic E-state index is 0.0489. The molecule has 0 atom stereocenters. The summed E-state index contributed by atoms with van der Waals surface area (Å²) in [5, 5.41) is 0. The number of amides is 1. The van der Waals surface area contributed by atoms with E-state index in [1.807, 2.05) is 36.1 Å². The Morgan fingerprint density at radius 1 is 1.45 bits per heavy atom. The molecule has 2 aromatic rings. The van der Waals surface area contributed by atoms with Gasteiger partial charge in [-0.05, 0) is 59.5 Å². The zero-order valence-corrected chi connectivity index (χ0v) is 13.6. The summed E-state index contributed by atoms with van der Waals surface area (Å²) in [5.74, 6) is 0.0489. The molecule has 5 heteroatoms. The standard InChI is InChI=1S/C15H15BrN2OS/c1-9-8-11(14(16)20-9)15(19)18-7-3-4-10-12(17)5-2-6-13(10)18/h2,5-6,8H,3-4,7,17H2,1H3. The second kappa shape index (κ2) is 5.22. The zero-order chi connectivity index (χ0) is 14.3. The maximum absolute atomic E-state index is 12.8. The Labute approximate surface area is 130 Å². The zero-order valence-electron chi connectivity index (χ0n) is 11.1. The number of anilines is 2. The molecule has 0 bridgehead atoms. The number of thiophene rings is 1. The van der Waals surface area contributed by atoms with E-state index in [2.05, 4.69) is 15.9 Å². The van der Waals surface area contributed by atoms with Crippen molar-refractivity contribution in [2.24, 2.45) is 0 Å². The van der Waals surface area contributed by atoms with Crippen LogP contribution in [0, 0.1) is 6.92 Å². The van der Waals surface area contributed by atoms with Crippen molar-refractivity contribution in [1.82, 2.24) is 0 Å². The topological polar surface area (TPSA) is 46.3 Å². The normalized spacial score (nSPS) is 14.2. The molecule has 1 amide bonds. The minimum absolute atomic E-state index is 0.0489. The molecule has 0 spiro atoms. The van der Waals surface area contributed by atoms with E-state index in [4.69, 9.17) is 5.73 Å². The average molecular weight is 351 g/mol. The molecule has 1 aromatic carbocycles. The van der Waals surface area contributed by atoms with Gasteiger partial charge < -0.3 is 10.6 Å². The third-order valence-electron chi connectivity index (χ3n) is 3.57. The van der Waals surface area contributed by atoms with Crippen LogP contribution in [-0.2, 0) is 6.42 Å². The molecule has 0 saturated carbocycles. The maximum atomic E-state index is 12.8. The predicted molar refractivity (Wildman–Crippen MR) is 87.6 cm³/mol. The lowest BCUT2D eigenvalue weighted by atomic mass is 9.99. The van der Waals surface area contributed by atoms with Crippen LogP contribution in [0.4, 0.5) is 11.4 Å². The van der Waals surface area contributed by atoms with Gasteiger partial charge in [0.25, 0.3) is 5.91 Å². The van der Waals surface area contributed by atoms with Gasteiger partial charge in [0.05, 0.1) is 9.35 Å². The molecule has 1 aromatic heterocycles. The van der Waals surface area contributed by atoms with E-state index < -0.39 is 0 Å². The number of halogens is 1. The summed E-state index contributed by atoms with van der Waals surface area (Å²) in [5.41, 5.74) is 9.60. The van der Waals surface area contributed by atoms with Crippen molar-refractivity contribution >= 4 is 44.5 Å². The summed E-state index contributed by atoms with van der Waals surface area (Å²) in [6, 6.07) is 7.73. The first-order chi connectivity index (χ1) is 9.58. The van der Waals surface area contributed by atoms with Gasteiger partial charge in [-0.2, -0.15) is 0 Å². The van der Waals surface area contributed by atoms with Crippen molar-refractivity contribution < 1.29 is 4.79 Å². The number of carbonyl (C=O) groups is 1. The fraction of sp³-hybridized carbons (Fsp3) is 0.267. The van der Waals surface area contributed by atoms with Crippen molar-refractivity contribution in [2.45, 2.75) is 19.8 Å². The number of benzene rings is 1. The molecule has 20 heavy (non-hydrogen) atoms. The molecular weight excluding hydrogens is 336 g/mol. The summed E-state index contributed by atoms with van der Waals surface area (Å²) in [6.07, 6.45) is 1.89. The van der Waals surface area contributed by atoms with E-state index in [0.717, 1.165) is 50.6 Å². The van der Waals surface area contributed by atoms with E-state index >= 15 is 0 Å². The first-order valence-corrected chi connectivity index (χ1v) is 8.14. The molecule has 2 N–H and O–H groups in total. The molecule has 1 aliphatic rings. The molecule has 3 rings (SSSR count). The fourth-order valence-corrected chi connectivity index (χ4v) is 4.41. The van der Waals surface area contributed by atoms with Crippen molar-refractivity contribution in [3.05, 3.63) is 44.1 Å². The predicted octanol–water partition coefficient (Wildman–Crippen LogP) is 3.99. The van der Waals surface area contributed by atoms with Crippen molar-refractivity contribution in [3.8, 4) is 0 Å². The second-order valence-corrected chi connectivity index (χ2v) is 7.52. The van der Waals surface area contributed by atoms with Crippen LogP contribution in [0.2, 0.25) is 0 Å². The molecule has 1 aliphatic heterocycles. The van der Waals surface area contributed by atoms with Crippen molar-refractivity contribution in [3.63, 3.8) is 0 Å². The van der Waals surface area contributed by atoms with Crippen LogP contribution in [0.25, 0.3) is 0 Å². The van der Waals surface area contributed by atoms with E-state index in [1.165, 1.54) is 0 Å². The van der Waals surface area contributed by atoms with Crippen molar-refractivity contribution in [2.75, 3.05) is 17.2 Å². The molecule has 0 fully saturated rings. The Bertz CT molecular complexity index is 681. The van der Waals surface area contributed by atoms with Gasteiger partial charge in [-0.25, -0.2) is 0 Å². The fourth-order valence-electron chi connectivity index (χ4n) is 2.64. The van der Waals surface area contributed by atoms with Crippen LogP contribution >= 0.6 is 27.3 Å². The number of hydrogen-bond donors (Lipinski definition) is 1. The summed E-state index contributed by atoms with van der Waals surface area (Å²) >= 11 is 5.08. The third-order valence-corrected chi connectivity index (χ3v) is 5.32. The Morgan fingerprint density at radius 3 is 2.95 bits per heavy atom. The Morgan fingerprint density at radius 2 is 2.25 bits per heavy atom. The highest BCUT2D eigenvalue weighted by Gasteiger charge is 2.26. The van der Waals surface area contributed by atoms with Crippen LogP contribution < -0.4 is 10.6 Å². The number of hydrogen-bond acceptors (Lipinski definition) is 3. The van der Waals surface area contributed by atoms with Crippen LogP contribution in [0.1, 0.15) is 27.2 Å². The molecule has 0 aliphatic carbocycles. The van der Waals surface area contributed by atoms with E-state index in [-0.39, 0.29) is 5.91 Å². The van der Waals surface area contributed by atoms with Crippen LogP contribution in [0.5, 0.6) is 0 Å². The van der Waals surface area contributed by atoms with E-state index in [9.17, 15) is 4.79 Å². The summed E-state index contributed by atoms with van der Waals surface area (Å²) in [6.45, 7) is 2.75. The first-order valence-electron chi connectivity index (χ1n) is 6.53. The number of carbonyl (C=O) groups excluding carboxylic acids is 1. The summed E-state index contributed by atoms with van der Waals surface area (Å²) in [4.78, 5) is 15.7. The lowest BCUT2D eigenvalue weighted by Gasteiger charge is -2.30. The summed E-state index contributed by atoms with van der Waals surface area (Å²) < 4.78 is 0.899. The van der Waals surface area contributed by atoms with Gasteiger partial charge in [0.15, 0.2) is 0 Å². The lowest BCUT2D eigenvalue weighted by molar-refractivity contribution is 0.0985. The maximum Gasteiger partial charge on any atom is 0.260 e. The molecule has 104 valence electrons.